The van der Waals surface area contributed by atoms with Crippen LogP contribution in [-0.4, -0.2) is 5.91 Å². The number of anilines is 1. The van der Waals surface area contributed by atoms with Gasteiger partial charge in [0.15, 0.2) is 4.67 Å². The summed E-state index contributed by atoms with van der Waals surface area (Å²) in [4.78, 5) is 11.8. The molecule has 1 aromatic carbocycles. The number of amides is 1. The lowest BCUT2D eigenvalue weighted by atomic mass is 10.1. The fourth-order valence-electron chi connectivity index (χ4n) is 2.01. The van der Waals surface area contributed by atoms with Gasteiger partial charge in [0.25, 0.3) is 5.91 Å². The molecule has 0 fully saturated rings. The first-order valence-electron chi connectivity index (χ1n) is 5.59. The molecule has 0 saturated carbocycles. The molecule has 3 nitrogen and oxygen atoms in total. The van der Waals surface area contributed by atoms with Gasteiger partial charge < -0.3 is 9.73 Å². The minimum atomic E-state index is -0.0539. The van der Waals surface area contributed by atoms with Gasteiger partial charge in [-0.1, -0.05) is 24.3 Å². The van der Waals surface area contributed by atoms with Crippen molar-refractivity contribution in [3.63, 3.8) is 0 Å². The molecule has 4 heteroatoms. The second kappa shape index (κ2) is 4.46. The van der Waals surface area contributed by atoms with Gasteiger partial charge in [0.1, 0.15) is 5.76 Å². The van der Waals surface area contributed by atoms with Gasteiger partial charge >= 0.3 is 0 Å². The van der Waals surface area contributed by atoms with E-state index in [0.29, 0.717) is 16.7 Å². The van der Waals surface area contributed by atoms with Crippen molar-refractivity contribution in [3.8, 4) is 0 Å². The van der Waals surface area contributed by atoms with Crippen LogP contribution in [0, 0.1) is 0 Å². The number of furan rings is 1. The van der Waals surface area contributed by atoms with Crippen molar-refractivity contribution in [2.24, 2.45) is 0 Å². The average molecular weight is 304 g/mol. The van der Waals surface area contributed by atoms with Crippen LogP contribution in [0.25, 0.3) is 5.57 Å². The van der Waals surface area contributed by atoms with Crippen molar-refractivity contribution in [2.45, 2.75) is 6.42 Å². The third kappa shape index (κ3) is 1.99. The van der Waals surface area contributed by atoms with E-state index in [1.165, 1.54) is 0 Å². The minimum Gasteiger partial charge on any atom is -0.454 e. The van der Waals surface area contributed by atoms with E-state index in [-0.39, 0.29) is 5.91 Å². The smallest absolute Gasteiger partial charge is 0.256 e. The summed E-state index contributed by atoms with van der Waals surface area (Å²) >= 11 is 3.26. The number of fused-ring (bicyclic) bond motifs is 1. The molecule has 1 amide bonds. The zero-order valence-electron chi connectivity index (χ0n) is 9.44. The molecule has 3 rings (SSSR count). The topological polar surface area (TPSA) is 42.2 Å². The summed E-state index contributed by atoms with van der Waals surface area (Å²) in [7, 11) is 0. The molecule has 0 saturated heterocycles. The van der Waals surface area contributed by atoms with Crippen LogP contribution in [0.3, 0.4) is 0 Å². The number of benzene rings is 1. The highest BCUT2D eigenvalue weighted by molar-refractivity contribution is 9.10. The predicted octanol–water partition coefficient (Wildman–Crippen LogP) is 3.62. The average Bonchev–Trinajstić information content (AvgIpc) is 2.90. The van der Waals surface area contributed by atoms with E-state index < -0.39 is 0 Å². The Balaban J connectivity index is 1.90. The van der Waals surface area contributed by atoms with Gasteiger partial charge in [-0.3, -0.25) is 4.79 Å². The Bertz CT molecular complexity index is 643. The van der Waals surface area contributed by atoms with Crippen LogP contribution in [0.5, 0.6) is 0 Å². The van der Waals surface area contributed by atoms with E-state index in [4.69, 9.17) is 4.42 Å². The van der Waals surface area contributed by atoms with E-state index >= 15 is 0 Å². The number of hydrogen-bond acceptors (Lipinski definition) is 2. The summed E-state index contributed by atoms with van der Waals surface area (Å²) in [6, 6.07) is 11.4. The van der Waals surface area contributed by atoms with Gasteiger partial charge in [-0.05, 0) is 34.1 Å². The highest BCUT2D eigenvalue weighted by atomic mass is 79.9. The number of carbonyl (C=O) groups excluding carboxylic acids is 1. The molecule has 0 spiro atoms. The Kier molecular flexibility index (Phi) is 2.80. The first kappa shape index (κ1) is 11.3. The van der Waals surface area contributed by atoms with Crippen LogP contribution < -0.4 is 5.32 Å². The van der Waals surface area contributed by atoms with Crippen molar-refractivity contribution in [1.29, 1.82) is 0 Å². The summed E-state index contributed by atoms with van der Waals surface area (Å²) in [6.07, 6.45) is 2.50. The Hall–Kier alpha value is -1.81. The fraction of sp³-hybridized carbons (Fsp3) is 0.0714. The zero-order chi connectivity index (χ0) is 12.5. The fourth-order valence-corrected chi connectivity index (χ4v) is 2.35. The van der Waals surface area contributed by atoms with Crippen LogP contribution >= 0.6 is 15.9 Å². The number of halogens is 1. The summed E-state index contributed by atoms with van der Waals surface area (Å²) in [5.74, 6) is 0.772. The maximum Gasteiger partial charge on any atom is 0.256 e. The first-order valence-corrected chi connectivity index (χ1v) is 6.38. The Labute approximate surface area is 113 Å². The number of hydrogen-bond donors (Lipinski definition) is 1. The molecule has 2 heterocycles. The number of carbonyl (C=O) groups is 1. The van der Waals surface area contributed by atoms with Gasteiger partial charge in [0, 0.05) is 23.2 Å². The summed E-state index contributed by atoms with van der Waals surface area (Å²) in [5, 5.41) is 2.84. The Morgan fingerprint density at radius 3 is 2.83 bits per heavy atom. The van der Waals surface area contributed by atoms with Crippen molar-refractivity contribution >= 4 is 33.1 Å². The Morgan fingerprint density at radius 1 is 1.22 bits per heavy atom. The molecule has 0 unspecified atom stereocenters. The quantitative estimate of drug-likeness (QED) is 0.861. The molecule has 90 valence electrons. The van der Waals surface area contributed by atoms with E-state index in [1.54, 1.807) is 0 Å². The first-order chi connectivity index (χ1) is 8.74. The van der Waals surface area contributed by atoms with Gasteiger partial charge in [0.2, 0.25) is 0 Å². The number of para-hydroxylation sites is 1. The van der Waals surface area contributed by atoms with Crippen molar-refractivity contribution in [3.05, 3.63) is 58.5 Å². The lowest BCUT2D eigenvalue weighted by Crippen LogP contribution is -2.03. The minimum absolute atomic E-state index is 0.0539. The third-order valence-electron chi connectivity index (χ3n) is 2.85. The largest absolute Gasteiger partial charge is 0.454 e. The summed E-state index contributed by atoms with van der Waals surface area (Å²) in [5.41, 5.74) is 2.53. The van der Waals surface area contributed by atoms with Crippen molar-refractivity contribution < 1.29 is 9.21 Å². The van der Waals surface area contributed by atoms with E-state index in [0.717, 1.165) is 17.0 Å². The van der Waals surface area contributed by atoms with Gasteiger partial charge in [0.05, 0.1) is 0 Å². The Morgan fingerprint density at radius 2 is 2.06 bits per heavy atom. The summed E-state index contributed by atoms with van der Waals surface area (Å²) < 4.78 is 6.11. The molecule has 1 aromatic heterocycles. The lowest BCUT2D eigenvalue weighted by molar-refractivity contribution is -0.110. The van der Waals surface area contributed by atoms with Gasteiger partial charge in [-0.2, -0.15) is 0 Å². The predicted molar refractivity (Wildman–Crippen MR) is 73.2 cm³/mol. The normalized spacial score (nSPS) is 15.8. The van der Waals surface area contributed by atoms with Gasteiger partial charge in [-0.25, -0.2) is 0 Å². The number of allylic oxidation sites excluding steroid dienone is 1. The highest BCUT2D eigenvalue weighted by Crippen LogP contribution is 2.31. The van der Waals surface area contributed by atoms with Crippen LogP contribution in [0.4, 0.5) is 5.69 Å². The molecular weight excluding hydrogens is 294 g/mol. The van der Waals surface area contributed by atoms with Crippen LogP contribution in [-0.2, 0) is 11.2 Å². The van der Waals surface area contributed by atoms with Crippen molar-refractivity contribution in [1.82, 2.24) is 0 Å². The number of rotatable bonds is 2. The SMILES string of the molecule is O=C1Nc2ccccc2C1=CCc1ccc(Br)o1. The van der Waals surface area contributed by atoms with E-state index in [9.17, 15) is 4.79 Å². The van der Waals surface area contributed by atoms with Crippen LogP contribution in [0.1, 0.15) is 11.3 Å². The molecule has 2 aromatic rings. The molecule has 1 aliphatic heterocycles. The monoisotopic (exact) mass is 303 g/mol. The molecule has 0 aliphatic carbocycles. The molecule has 1 N–H and O–H groups in total. The highest BCUT2D eigenvalue weighted by Gasteiger charge is 2.22. The van der Waals surface area contributed by atoms with Gasteiger partial charge in [-0.15, -0.1) is 0 Å². The molecular formula is C14H10BrNO2. The van der Waals surface area contributed by atoms with Crippen molar-refractivity contribution in [2.75, 3.05) is 5.32 Å². The molecule has 0 atom stereocenters. The maximum absolute atomic E-state index is 11.8. The van der Waals surface area contributed by atoms with E-state index in [1.807, 2.05) is 42.5 Å². The molecule has 0 bridgehead atoms. The van der Waals surface area contributed by atoms with E-state index in [2.05, 4.69) is 21.2 Å². The standard InChI is InChI=1S/C14H10BrNO2/c15-13-8-6-9(18-13)5-7-11-10-3-1-2-4-12(10)16-14(11)17/h1-4,6-8H,5H2,(H,16,17). The third-order valence-corrected chi connectivity index (χ3v) is 3.27. The second-order valence-electron chi connectivity index (χ2n) is 4.03. The second-order valence-corrected chi connectivity index (χ2v) is 4.81. The van der Waals surface area contributed by atoms with Crippen LogP contribution in [0.2, 0.25) is 0 Å². The zero-order valence-corrected chi connectivity index (χ0v) is 11.0. The maximum atomic E-state index is 11.8. The number of nitrogens with one attached hydrogen (secondary N) is 1. The molecule has 1 aliphatic rings. The van der Waals surface area contributed by atoms with Crippen LogP contribution in [0.15, 0.2) is 51.6 Å². The molecule has 0 radical (unpaired) electrons. The molecule has 18 heavy (non-hydrogen) atoms. The lowest BCUT2D eigenvalue weighted by Gasteiger charge is -1.96. The summed E-state index contributed by atoms with van der Waals surface area (Å²) in [6.45, 7) is 0.